The molecule has 0 amide bonds. The molecule has 2 rings (SSSR count). The Kier molecular flexibility index (Phi) is 0.974. The van der Waals surface area contributed by atoms with Crippen LogP contribution >= 0.6 is 0 Å². The molecule has 1 radical (unpaired) electrons. The Morgan fingerprint density at radius 2 is 2.50 bits per heavy atom. The highest BCUT2D eigenvalue weighted by Gasteiger charge is 1.96. The van der Waals surface area contributed by atoms with E-state index >= 15 is 0 Å². The molecule has 0 unspecified atom stereocenters. The van der Waals surface area contributed by atoms with E-state index < -0.39 is 0 Å². The molecule has 0 fully saturated rings. The zero-order valence-electron chi connectivity index (χ0n) is 5.08. The van der Waals surface area contributed by atoms with E-state index in [-0.39, 0.29) is 5.95 Å². The Morgan fingerprint density at radius 3 is 3.30 bits per heavy atom. The van der Waals surface area contributed by atoms with E-state index in [1.54, 1.807) is 6.20 Å². The zero-order chi connectivity index (χ0) is 6.97. The van der Waals surface area contributed by atoms with Crippen LogP contribution in [0.15, 0.2) is 24.5 Å². The van der Waals surface area contributed by atoms with Crippen LogP contribution in [0.1, 0.15) is 0 Å². The first-order chi connectivity index (χ1) is 4.88. The van der Waals surface area contributed by atoms with E-state index in [0.29, 0.717) is 5.65 Å². The van der Waals surface area contributed by atoms with Crippen LogP contribution in [0.3, 0.4) is 0 Å². The number of nitrogens with zero attached hydrogens (tertiary/aromatic N) is 2. The number of pyridine rings is 1. The second-order valence-electron chi connectivity index (χ2n) is 1.92. The number of hydrogen-bond donors (Lipinski definition) is 0. The normalized spacial score (nSPS) is 10.5. The molecule has 0 bridgehead atoms. The third-order valence-electron chi connectivity index (χ3n) is 1.30. The maximum absolute atomic E-state index is 12.7. The standard InChI is InChI=1S/C7H4FN2/c8-6-2-1-3-7-9-4-5-10(6)7/h1-2,4-5H. The van der Waals surface area contributed by atoms with E-state index in [1.165, 1.54) is 22.7 Å². The van der Waals surface area contributed by atoms with E-state index in [2.05, 4.69) is 11.1 Å². The summed E-state index contributed by atoms with van der Waals surface area (Å²) in [5.74, 6) is -0.314. The lowest BCUT2D eigenvalue weighted by Gasteiger charge is -1.91. The SMILES string of the molecule is Fc1cc[c]c2nccn12. The third-order valence-corrected chi connectivity index (χ3v) is 1.30. The number of halogens is 1. The van der Waals surface area contributed by atoms with Crippen molar-refractivity contribution < 1.29 is 4.39 Å². The van der Waals surface area contributed by atoms with Gasteiger partial charge < -0.3 is 0 Å². The Bertz CT molecular complexity index is 353. The molecule has 10 heavy (non-hydrogen) atoms. The zero-order valence-corrected chi connectivity index (χ0v) is 5.08. The van der Waals surface area contributed by atoms with Crippen molar-refractivity contribution in [3.8, 4) is 0 Å². The maximum atomic E-state index is 12.7. The molecule has 0 aromatic carbocycles. The highest BCUT2D eigenvalue weighted by molar-refractivity contribution is 5.35. The van der Waals surface area contributed by atoms with Gasteiger partial charge in [0.05, 0.1) is 0 Å². The van der Waals surface area contributed by atoms with Gasteiger partial charge in [-0.25, -0.2) is 4.98 Å². The molecule has 0 aliphatic heterocycles. The van der Waals surface area contributed by atoms with Gasteiger partial charge in [-0.2, -0.15) is 4.39 Å². The van der Waals surface area contributed by atoms with Crippen LogP contribution in [0.4, 0.5) is 4.39 Å². The Morgan fingerprint density at radius 1 is 1.60 bits per heavy atom. The van der Waals surface area contributed by atoms with Crippen LogP contribution in [0.2, 0.25) is 0 Å². The average Bonchev–Trinajstić information content (AvgIpc) is 2.36. The second kappa shape index (κ2) is 1.80. The molecule has 2 aromatic rings. The number of aromatic nitrogens is 2. The van der Waals surface area contributed by atoms with E-state index in [0.717, 1.165) is 0 Å². The monoisotopic (exact) mass is 135 g/mol. The first-order valence-corrected chi connectivity index (χ1v) is 2.87. The van der Waals surface area contributed by atoms with Crippen LogP contribution in [-0.2, 0) is 0 Å². The summed E-state index contributed by atoms with van der Waals surface area (Å²) in [5.41, 5.74) is 0.514. The van der Waals surface area contributed by atoms with Crippen LogP contribution in [0, 0.1) is 12.0 Å². The van der Waals surface area contributed by atoms with Crippen LogP contribution in [0.25, 0.3) is 5.65 Å². The molecule has 0 spiro atoms. The lowest BCUT2D eigenvalue weighted by atomic mass is 10.5. The predicted molar refractivity (Wildman–Crippen MR) is 34.0 cm³/mol. The minimum absolute atomic E-state index is 0.314. The molecule has 0 aliphatic rings. The van der Waals surface area contributed by atoms with Gasteiger partial charge in [0.1, 0.15) is 5.65 Å². The number of fused-ring (bicyclic) bond motifs is 1. The lowest BCUT2D eigenvalue weighted by molar-refractivity contribution is 0.567. The van der Waals surface area contributed by atoms with Crippen LogP contribution in [-0.4, -0.2) is 9.38 Å². The second-order valence-corrected chi connectivity index (χ2v) is 1.92. The highest BCUT2D eigenvalue weighted by atomic mass is 19.1. The summed E-state index contributed by atoms with van der Waals surface area (Å²) in [6.45, 7) is 0. The number of imidazole rings is 1. The van der Waals surface area contributed by atoms with Crippen LogP contribution in [0.5, 0.6) is 0 Å². The molecule has 3 heteroatoms. The fraction of sp³-hybridized carbons (Fsp3) is 0. The van der Waals surface area contributed by atoms with Gasteiger partial charge in [0, 0.05) is 18.5 Å². The van der Waals surface area contributed by atoms with E-state index in [4.69, 9.17) is 0 Å². The first-order valence-electron chi connectivity index (χ1n) is 2.87. The molecular formula is C7H4FN2. The fourth-order valence-electron chi connectivity index (χ4n) is 0.848. The van der Waals surface area contributed by atoms with Gasteiger partial charge in [0.2, 0.25) is 0 Å². The van der Waals surface area contributed by atoms with Crippen molar-refractivity contribution in [1.82, 2.24) is 9.38 Å². The number of rotatable bonds is 0. The van der Waals surface area contributed by atoms with Crippen molar-refractivity contribution in [2.24, 2.45) is 0 Å². The summed E-state index contributed by atoms with van der Waals surface area (Å²) >= 11 is 0. The molecule has 2 heterocycles. The predicted octanol–water partition coefficient (Wildman–Crippen LogP) is 1.27. The minimum Gasteiger partial charge on any atom is -0.276 e. The van der Waals surface area contributed by atoms with Gasteiger partial charge in [-0.1, -0.05) is 0 Å². The van der Waals surface area contributed by atoms with Gasteiger partial charge in [-0.3, -0.25) is 4.40 Å². The summed E-state index contributed by atoms with van der Waals surface area (Å²) in [4.78, 5) is 3.85. The van der Waals surface area contributed by atoms with E-state index in [9.17, 15) is 4.39 Å². The molecule has 0 N–H and O–H groups in total. The van der Waals surface area contributed by atoms with Gasteiger partial charge in [0.15, 0.2) is 5.95 Å². The summed E-state index contributed by atoms with van der Waals surface area (Å²) < 4.78 is 14.1. The molecular weight excluding hydrogens is 131 g/mol. The topological polar surface area (TPSA) is 17.3 Å². The fourth-order valence-corrected chi connectivity index (χ4v) is 0.848. The molecule has 49 valence electrons. The van der Waals surface area contributed by atoms with Crippen molar-refractivity contribution in [3.63, 3.8) is 0 Å². The Hall–Kier alpha value is -1.38. The summed E-state index contributed by atoms with van der Waals surface area (Å²) in [6.07, 6.45) is 3.09. The van der Waals surface area contributed by atoms with Gasteiger partial charge in [-0.05, 0) is 12.1 Å². The van der Waals surface area contributed by atoms with Gasteiger partial charge in [0.25, 0.3) is 0 Å². The Labute approximate surface area is 56.9 Å². The highest BCUT2D eigenvalue weighted by Crippen LogP contribution is 2.01. The molecule has 0 saturated heterocycles. The molecule has 0 aliphatic carbocycles. The van der Waals surface area contributed by atoms with Crippen molar-refractivity contribution >= 4 is 5.65 Å². The van der Waals surface area contributed by atoms with Crippen molar-refractivity contribution in [2.45, 2.75) is 0 Å². The van der Waals surface area contributed by atoms with Crippen LogP contribution < -0.4 is 0 Å². The lowest BCUT2D eigenvalue weighted by Crippen LogP contribution is -1.88. The average molecular weight is 135 g/mol. The molecule has 2 nitrogen and oxygen atoms in total. The van der Waals surface area contributed by atoms with E-state index in [1.807, 2.05) is 0 Å². The quantitative estimate of drug-likeness (QED) is 0.497. The first kappa shape index (κ1) is 5.41. The smallest absolute Gasteiger partial charge is 0.199 e. The molecule has 0 saturated carbocycles. The summed E-state index contributed by atoms with van der Waals surface area (Å²) in [7, 11) is 0. The molecule has 0 atom stereocenters. The van der Waals surface area contributed by atoms with Crippen molar-refractivity contribution in [1.29, 1.82) is 0 Å². The third kappa shape index (κ3) is 0.603. The number of hydrogen-bond acceptors (Lipinski definition) is 1. The van der Waals surface area contributed by atoms with Gasteiger partial charge >= 0.3 is 0 Å². The van der Waals surface area contributed by atoms with Crippen molar-refractivity contribution in [2.75, 3.05) is 0 Å². The Balaban J connectivity index is 2.95. The molecule has 2 aromatic heterocycles. The largest absolute Gasteiger partial charge is 0.276 e. The summed E-state index contributed by atoms with van der Waals surface area (Å²) in [5, 5.41) is 0. The summed E-state index contributed by atoms with van der Waals surface area (Å²) in [6, 6.07) is 5.64. The minimum atomic E-state index is -0.314. The van der Waals surface area contributed by atoms with Crippen molar-refractivity contribution in [3.05, 3.63) is 36.5 Å². The maximum Gasteiger partial charge on any atom is 0.199 e. The van der Waals surface area contributed by atoms with Gasteiger partial charge in [-0.15, -0.1) is 0 Å².